The Kier molecular flexibility index (Phi) is 8.03. The van der Waals surface area contributed by atoms with Gasteiger partial charge in [0.25, 0.3) is 0 Å². The number of thiocarbonyl (C=S) groups is 1. The smallest absolute Gasteiger partial charge is 0.226 e. The summed E-state index contributed by atoms with van der Waals surface area (Å²) in [6.45, 7) is 11.2. The molecule has 206 valence electrons. The van der Waals surface area contributed by atoms with Crippen LogP contribution in [-0.2, 0) is 11.2 Å². The molecule has 1 amide bonds. The number of nitrogens with zero attached hydrogens (tertiary/aromatic N) is 3. The van der Waals surface area contributed by atoms with Crippen molar-refractivity contribution in [2.75, 3.05) is 11.9 Å². The van der Waals surface area contributed by atoms with Crippen molar-refractivity contribution >= 4 is 28.9 Å². The summed E-state index contributed by atoms with van der Waals surface area (Å²) in [6, 6.07) is 22.5. The molecule has 3 heterocycles. The molecule has 0 unspecified atom stereocenters. The Morgan fingerprint density at radius 3 is 2.55 bits per heavy atom. The van der Waals surface area contributed by atoms with Gasteiger partial charge >= 0.3 is 0 Å². The van der Waals surface area contributed by atoms with Crippen LogP contribution in [0.1, 0.15) is 64.8 Å². The molecule has 0 spiro atoms. The molecule has 7 heteroatoms. The van der Waals surface area contributed by atoms with Crippen molar-refractivity contribution in [1.82, 2.24) is 19.8 Å². The predicted molar refractivity (Wildman–Crippen MR) is 166 cm³/mol. The Morgan fingerprint density at radius 1 is 1.02 bits per heavy atom. The molecule has 0 radical (unpaired) electrons. The topological polar surface area (TPSA) is 62.2 Å². The fraction of sp³-hybridized carbons (Fsp3) is 0.303. The zero-order chi connectivity index (χ0) is 28.4. The quantitative estimate of drug-likeness (QED) is 0.240. The van der Waals surface area contributed by atoms with Crippen LogP contribution in [0.4, 0.5) is 5.69 Å². The van der Waals surface area contributed by atoms with E-state index in [1.165, 1.54) is 22.4 Å². The summed E-state index contributed by atoms with van der Waals surface area (Å²) in [6.07, 6.45) is 3.00. The minimum atomic E-state index is -0.134. The minimum absolute atomic E-state index is 0.0235. The molecular weight excluding hydrogens is 514 g/mol. The lowest BCUT2D eigenvalue weighted by atomic mass is 9.96. The van der Waals surface area contributed by atoms with Crippen LogP contribution in [0.3, 0.4) is 0 Å². The number of benzene rings is 2. The summed E-state index contributed by atoms with van der Waals surface area (Å²) >= 11 is 5.88. The molecule has 1 aliphatic rings. The first-order valence-corrected chi connectivity index (χ1v) is 14.3. The monoisotopic (exact) mass is 551 g/mol. The van der Waals surface area contributed by atoms with E-state index < -0.39 is 0 Å². The highest BCUT2D eigenvalue weighted by molar-refractivity contribution is 7.80. The van der Waals surface area contributed by atoms with E-state index in [0.717, 1.165) is 34.8 Å². The van der Waals surface area contributed by atoms with Gasteiger partial charge in [-0.15, -0.1) is 0 Å². The number of nitrogens with one attached hydrogen (secondary N) is 2. The molecule has 2 atom stereocenters. The van der Waals surface area contributed by atoms with Gasteiger partial charge in [0.05, 0.1) is 17.8 Å². The number of aromatic nitrogens is 2. The van der Waals surface area contributed by atoms with E-state index in [9.17, 15) is 4.79 Å². The Morgan fingerprint density at radius 2 is 1.80 bits per heavy atom. The summed E-state index contributed by atoms with van der Waals surface area (Å²) in [5.74, 6) is -0.0235. The highest BCUT2D eigenvalue weighted by atomic mass is 32.1. The van der Waals surface area contributed by atoms with Crippen LogP contribution in [0.5, 0.6) is 0 Å². The van der Waals surface area contributed by atoms with E-state index in [0.29, 0.717) is 18.1 Å². The Labute approximate surface area is 242 Å². The van der Waals surface area contributed by atoms with E-state index in [-0.39, 0.29) is 18.0 Å². The summed E-state index contributed by atoms with van der Waals surface area (Å²) in [5.41, 5.74) is 10.1. The normalized spacial score (nSPS) is 16.7. The third-order valence-corrected chi connectivity index (χ3v) is 8.20. The molecule has 1 fully saturated rings. The Bertz CT molecular complexity index is 1540. The molecule has 5 rings (SSSR count). The molecular formula is C33H37N5OS. The van der Waals surface area contributed by atoms with Gasteiger partial charge in [0, 0.05) is 41.9 Å². The van der Waals surface area contributed by atoms with Crippen molar-refractivity contribution in [3.63, 3.8) is 0 Å². The average molecular weight is 552 g/mol. The van der Waals surface area contributed by atoms with Gasteiger partial charge in [0.15, 0.2) is 5.11 Å². The molecule has 0 bridgehead atoms. The molecule has 2 N–H and O–H groups in total. The van der Waals surface area contributed by atoms with Crippen molar-refractivity contribution in [2.45, 2.75) is 59.5 Å². The van der Waals surface area contributed by atoms with E-state index in [1.807, 2.05) is 48.7 Å². The third kappa shape index (κ3) is 5.39. The highest BCUT2D eigenvalue weighted by Gasteiger charge is 2.41. The molecule has 2 aromatic carbocycles. The number of carbonyl (C=O) groups is 1. The first-order valence-electron chi connectivity index (χ1n) is 13.9. The predicted octanol–water partition coefficient (Wildman–Crippen LogP) is 6.67. The number of para-hydroxylation sites is 1. The number of amides is 1. The summed E-state index contributed by atoms with van der Waals surface area (Å²) in [5, 5.41) is 7.28. The average Bonchev–Trinajstić information content (AvgIpc) is 3.43. The van der Waals surface area contributed by atoms with Crippen LogP contribution < -0.4 is 10.6 Å². The number of hydrogen-bond acceptors (Lipinski definition) is 3. The van der Waals surface area contributed by atoms with Gasteiger partial charge in [0.2, 0.25) is 5.91 Å². The van der Waals surface area contributed by atoms with Crippen LogP contribution in [-0.4, -0.2) is 32.0 Å². The zero-order valence-electron chi connectivity index (χ0n) is 23.9. The van der Waals surface area contributed by atoms with E-state index in [2.05, 4.69) is 84.0 Å². The van der Waals surface area contributed by atoms with Crippen LogP contribution >= 0.6 is 12.2 Å². The molecule has 0 aliphatic carbocycles. The Balaban J connectivity index is 1.49. The van der Waals surface area contributed by atoms with Crippen LogP contribution in [0, 0.1) is 27.7 Å². The molecule has 40 heavy (non-hydrogen) atoms. The second kappa shape index (κ2) is 11.6. The first kappa shape index (κ1) is 27.6. The fourth-order valence-corrected chi connectivity index (χ4v) is 6.12. The van der Waals surface area contributed by atoms with Crippen molar-refractivity contribution < 1.29 is 4.79 Å². The maximum absolute atomic E-state index is 13.1. The van der Waals surface area contributed by atoms with E-state index in [1.54, 1.807) is 0 Å². The SMILES string of the molecule is CCc1ccccc1NC(=O)CCN1C(=S)N[C@@H](c2ccccn2)[C@H]1c1cc(C)n(-c2cc(C)ccc2C)c1C. The second-order valence-corrected chi connectivity index (χ2v) is 11.0. The van der Waals surface area contributed by atoms with Gasteiger partial charge in [-0.2, -0.15) is 0 Å². The van der Waals surface area contributed by atoms with Gasteiger partial charge in [0.1, 0.15) is 0 Å². The maximum Gasteiger partial charge on any atom is 0.226 e. The van der Waals surface area contributed by atoms with Crippen LogP contribution in [0.2, 0.25) is 0 Å². The number of carbonyl (C=O) groups excluding carboxylic acids is 1. The van der Waals surface area contributed by atoms with Gasteiger partial charge < -0.3 is 20.1 Å². The van der Waals surface area contributed by atoms with Crippen LogP contribution in [0.15, 0.2) is 72.9 Å². The van der Waals surface area contributed by atoms with Crippen LogP contribution in [0.25, 0.3) is 5.69 Å². The van der Waals surface area contributed by atoms with E-state index in [4.69, 9.17) is 12.2 Å². The second-order valence-electron chi connectivity index (χ2n) is 10.6. The molecule has 1 saturated heterocycles. The zero-order valence-corrected chi connectivity index (χ0v) is 24.7. The fourth-order valence-electron chi connectivity index (χ4n) is 5.79. The molecule has 1 aliphatic heterocycles. The highest BCUT2D eigenvalue weighted by Crippen LogP contribution is 2.41. The Hall–Kier alpha value is -3.97. The maximum atomic E-state index is 13.1. The van der Waals surface area contributed by atoms with Crippen molar-refractivity contribution in [3.8, 4) is 5.69 Å². The number of pyridine rings is 1. The van der Waals surface area contributed by atoms with Gasteiger partial charge in [-0.25, -0.2) is 0 Å². The summed E-state index contributed by atoms with van der Waals surface area (Å²) in [7, 11) is 0. The van der Waals surface area contributed by atoms with Gasteiger partial charge in [-0.05, 0) is 98.9 Å². The lowest BCUT2D eigenvalue weighted by molar-refractivity contribution is -0.116. The molecule has 2 aromatic heterocycles. The number of hydrogen-bond donors (Lipinski definition) is 2. The van der Waals surface area contributed by atoms with E-state index >= 15 is 0 Å². The first-order chi connectivity index (χ1) is 19.3. The molecule has 4 aromatic rings. The van der Waals surface area contributed by atoms with Gasteiger partial charge in [-0.1, -0.05) is 43.3 Å². The standard InChI is InChI=1S/C33H37N5OS/c1-6-25-11-7-8-12-27(25)35-30(39)16-18-37-32(31(36-33(37)40)28-13-9-10-17-34-28)26-20-23(4)38(24(26)5)29-19-21(2)14-15-22(29)3/h7-15,17,19-20,31-32H,6,16,18H2,1-5H3,(H,35,39)(H,36,40)/t31-,32+/m0/s1. The van der Waals surface area contributed by atoms with Crippen molar-refractivity contribution in [3.05, 3.63) is 112 Å². The lowest BCUT2D eigenvalue weighted by Gasteiger charge is -2.28. The summed E-state index contributed by atoms with van der Waals surface area (Å²) in [4.78, 5) is 19.9. The third-order valence-electron chi connectivity index (χ3n) is 7.84. The van der Waals surface area contributed by atoms with Crippen molar-refractivity contribution in [2.24, 2.45) is 0 Å². The number of aryl methyl sites for hydroxylation is 4. The number of rotatable bonds is 8. The molecule has 6 nitrogen and oxygen atoms in total. The summed E-state index contributed by atoms with van der Waals surface area (Å²) < 4.78 is 2.33. The lowest BCUT2D eigenvalue weighted by Crippen LogP contribution is -2.33. The number of anilines is 1. The largest absolute Gasteiger partial charge is 0.352 e. The van der Waals surface area contributed by atoms with Gasteiger partial charge in [-0.3, -0.25) is 9.78 Å². The van der Waals surface area contributed by atoms with Crippen molar-refractivity contribution in [1.29, 1.82) is 0 Å². The minimum Gasteiger partial charge on any atom is -0.352 e. The molecule has 0 saturated carbocycles.